The van der Waals surface area contributed by atoms with Gasteiger partial charge in [0.1, 0.15) is 5.82 Å². The minimum absolute atomic E-state index is 0.0109. The predicted molar refractivity (Wildman–Crippen MR) is 305 cm³/mol. The van der Waals surface area contributed by atoms with Gasteiger partial charge in [-0.1, -0.05) is 217 Å². The molecule has 0 radical (unpaired) electrons. The maximum atomic E-state index is 5.41. The summed E-state index contributed by atoms with van der Waals surface area (Å²) in [6.07, 6.45) is 0. The van der Waals surface area contributed by atoms with E-state index in [-0.39, 0.29) is 5.92 Å². The van der Waals surface area contributed by atoms with Gasteiger partial charge in [-0.05, 0) is 115 Å². The Balaban J connectivity index is 1.12. The molecule has 6 heteroatoms. The molecule has 0 aliphatic heterocycles. The van der Waals surface area contributed by atoms with Crippen molar-refractivity contribution >= 4 is 17.5 Å². The maximum Gasteiger partial charge on any atom is 0.239 e. The molecule has 11 aromatic rings. The number of anilines is 3. The second-order valence-corrected chi connectivity index (χ2v) is 19.3. The van der Waals surface area contributed by atoms with Crippen molar-refractivity contribution in [1.29, 1.82) is 0 Å². The van der Waals surface area contributed by atoms with E-state index in [2.05, 4.69) is 186 Å². The Morgan fingerprint density at radius 3 is 1.18 bits per heavy atom. The third-order valence-electron chi connectivity index (χ3n) is 13.9. The number of hydrogen-bond acceptors (Lipinski definition) is 6. The van der Waals surface area contributed by atoms with Crippen LogP contribution in [0.5, 0.6) is 0 Å². The number of benzene rings is 9. The molecule has 0 unspecified atom stereocenters. The summed E-state index contributed by atoms with van der Waals surface area (Å²) in [7, 11) is 0. The highest BCUT2D eigenvalue weighted by Gasteiger charge is 2.27. The average Bonchev–Trinajstić information content (AvgIpc) is 3.43. The van der Waals surface area contributed by atoms with Crippen LogP contribution >= 0.6 is 0 Å². The largest absolute Gasteiger partial charge is 0.263 e. The van der Waals surface area contributed by atoms with E-state index in [4.69, 9.17) is 24.9 Å². The first-order chi connectivity index (χ1) is 36.1. The van der Waals surface area contributed by atoms with Gasteiger partial charge in [-0.15, -0.1) is 0 Å². The van der Waals surface area contributed by atoms with Crippen LogP contribution < -0.4 is 4.90 Å². The van der Waals surface area contributed by atoms with Crippen LogP contribution in [0.25, 0.3) is 67.7 Å². The zero-order chi connectivity index (χ0) is 50.7. The Labute approximate surface area is 434 Å². The Bertz CT molecular complexity index is 3600. The maximum absolute atomic E-state index is 5.41. The highest BCUT2D eigenvalue weighted by atomic mass is 15.3. The van der Waals surface area contributed by atoms with E-state index >= 15 is 0 Å². The zero-order valence-electron chi connectivity index (χ0n) is 42.6. The van der Waals surface area contributed by atoms with Crippen LogP contribution in [0.1, 0.15) is 56.0 Å². The van der Waals surface area contributed by atoms with Crippen LogP contribution in [0.4, 0.5) is 17.5 Å². The van der Waals surface area contributed by atoms with Gasteiger partial charge in [0.15, 0.2) is 17.5 Å². The molecule has 0 bridgehead atoms. The van der Waals surface area contributed by atoms with Gasteiger partial charge < -0.3 is 0 Å². The summed E-state index contributed by atoms with van der Waals surface area (Å²) in [5.74, 6) is 2.69. The van der Waals surface area contributed by atoms with Gasteiger partial charge in [0, 0.05) is 34.2 Å². The highest BCUT2D eigenvalue weighted by Crippen LogP contribution is 2.43. The third-order valence-corrected chi connectivity index (χ3v) is 13.9. The standard InChI is InChI=1S/C68H56N6/c1-44-39-46(3)62(47(4)40-44)64(63-48(5)41-45(2)42-49(63)6)53-35-37-57(38-36-53)74(61-43-60(52-23-13-8-14-24-52)69-65(70-61)54-25-15-9-16-26-54)68-72-66(55-27-17-10-18-28-55)71-67(73-68)56-33-31-51(32-34-56)59-30-20-19-29-58(59)50-21-11-7-12-22-50/h7-43,64H,1-6H3. The van der Waals surface area contributed by atoms with Gasteiger partial charge in [0.2, 0.25) is 5.95 Å². The molecule has 11 rings (SSSR count). The molecule has 0 saturated heterocycles. The summed E-state index contributed by atoms with van der Waals surface area (Å²) in [4.78, 5) is 28.6. The molecule has 0 spiro atoms. The monoisotopic (exact) mass is 956 g/mol. The lowest BCUT2D eigenvalue weighted by atomic mass is 9.77. The molecule has 74 heavy (non-hydrogen) atoms. The molecule has 0 fully saturated rings. The molecule has 0 aliphatic carbocycles. The Morgan fingerprint density at radius 2 is 0.703 bits per heavy atom. The first kappa shape index (κ1) is 47.2. The van der Waals surface area contributed by atoms with Gasteiger partial charge in [-0.2, -0.15) is 9.97 Å². The van der Waals surface area contributed by atoms with Crippen molar-refractivity contribution in [3.05, 3.63) is 275 Å². The summed E-state index contributed by atoms with van der Waals surface area (Å²) in [6, 6.07) is 78.4. The minimum atomic E-state index is -0.0109. The minimum Gasteiger partial charge on any atom is -0.263 e. The van der Waals surface area contributed by atoms with Crippen LogP contribution in [0.2, 0.25) is 0 Å². The van der Waals surface area contributed by atoms with Crippen molar-refractivity contribution in [2.45, 2.75) is 47.5 Å². The lowest BCUT2D eigenvalue weighted by Crippen LogP contribution is -2.18. The molecule has 2 heterocycles. The Hall–Kier alpha value is -9.13. The fraction of sp³-hybridized carbons (Fsp3) is 0.103. The van der Waals surface area contributed by atoms with Crippen LogP contribution in [-0.4, -0.2) is 24.9 Å². The average molecular weight is 957 g/mol. The highest BCUT2D eigenvalue weighted by molar-refractivity contribution is 5.84. The fourth-order valence-electron chi connectivity index (χ4n) is 10.7. The molecule has 0 amide bonds. The molecule has 0 saturated carbocycles. The number of nitrogens with zero attached hydrogens (tertiary/aromatic N) is 6. The predicted octanol–water partition coefficient (Wildman–Crippen LogP) is 17.2. The molecular formula is C68H56N6. The van der Waals surface area contributed by atoms with E-state index < -0.39 is 0 Å². The van der Waals surface area contributed by atoms with Gasteiger partial charge in [-0.3, -0.25) is 4.90 Å². The van der Waals surface area contributed by atoms with E-state index in [0.717, 1.165) is 44.8 Å². The quantitative estimate of drug-likeness (QED) is 0.114. The summed E-state index contributed by atoms with van der Waals surface area (Å²) < 4.78 is 0. The van der Waals surface area contributed by atoms with Crippen molar-refractivity contribution in [1.82, 2.24) is 24.9 Å². The number of aromatic nitrogens is 5. The van der Waals surface area contributed by atoms with Gasteiger partial charge in [0.25, 0.3) is 0 Å². The first-order valence-electron chi connectivity index (χ1n) is 25.3. The topological polar surface area (TPSA) is 67.7 Å². The lowest BCUT2D eigenvalue weighted by molar-refractivity contribution is 0.918. The summed E-state index contributed by atoms with van der Waals surface area (Å²) in [5, 5.41) is 0. The van der Waals surface area contributed by atoms with Crippen molar-refractivity contribution in [3.8, 4) is 67.7 Å². The second kappa shape index (κ2) is 20.5. The smallest absolute Gasteiger partial charge is 0.239 e. The fourth-order valence-corrected chi connectivity index (χ4v) is 10.7. The molecular weight excluding hydrogens is 901 g/mol. The van der Waals surface area contributed by atoms with E-state index in [1.165, 1.54) is 61.2 Å². The Kier molecular flexibility index (Phi) is 13.1. The van der Waals surface area contributed by atoms with E-state index in [1.807, 2.05) is 84.9 Å². The summed E-state index contributed by atoms with van der Waals surface area (Å²) in [5.41, 5.74) is 21.3. The van der Waals surface area contributed by atoms with Crippen molar-refractivity contribution in [2.75, 3.05) is 4.90 Å². The summed E-state index contributed by atoms with van der Waals surface area (Å²) >= 11 is 0. The van der Waals surface area contributed by atoms with Crippen LogP contribution in [0.3, 0.4) is 0 Å². The van der Waals surface area contributed by atoms with Crippen LogP contribution in [0.15, 0.2) is 224 Å². The lowest BCUT2D eigenvalue weighted by Gasteiger charge is -2.28. The van der Waals surface area contributed by atoms with Crippen molar-refractivity contribution in [2.24, 2.45) is 0 Å². The number of aryl methyl sites for hydroxylation is 6. The van der Waals surface area contributed by atoms with Crippen molar-refractivity contribution < 1.29 is 0 Å². The van der Waals surface area contributed by atoms with E-state index in [1.54, 1.807) is 0 Å². The van der Waals surface area contributed by atoms with Gasteiger partial charge in [0.05, 0.1) is 11.4 Å². The number of rotatable bonds is 12. The first-order valence-corrected chi connectivity index (χ1v) is 25.3. The second-order valence-electron chi connectivity index (χ2n) is 19.3. The van der Waals surface area contributed by atoms with E-state index in [0.29, 0.717) is 29.2 Å². The molecule has 0 aliphatic rings. The molecule has 9 aromatic carbocycles. The molecule has 6 nitrogen and oxygen atoms in total. The van der Waals surface area contributed by atoms with Gasteiger partial charge in [-0.25, -0.2) is 15.0 Å². The van der Waals surface area contributed by atoms with E-state index in [9.17, 15) is 0 Å². The summed E-state index contributed by atoms with van der Waals surface area (Å²) in [6.45, 7) is 13.4. The SMILES string of the molecule is Cc1cc(C)c(C(c2ccc(N(c3cc(-c4ccccc4)nc(-c4ccccc4)n3)c3nc(-c4ccccc4)nc(-c4ccc(-c5ccccc5-c5ccccc5)cc4)n3)cc2)c2c(C)cc(C)cc2C)c(C)c1. The zero-order valence-corrected chi connectivity index (χ0v) is 42.6. The van der Waals surface area contributed by atoms with Crippen LogP contribution in [0, 0.1) is 41.5 Å². The Morgan fingerprint density at radius 1 is 0.324 bits per heavy atom. The molecule has 2 aromatic heterocycles. The van der Waals surface area contributed by atoms with Crippen molar-refractivity contribution in [3.63, 3.8) is 0 Å². The van der Waals surface area contributed by atoms with Crippen LogP contribution in [-0.2, 0) is 0 Å². The normalized spacial score (nSPS) is 11.2. The number of hydrogen-bond donors (Lipinski definition) is 0. The van der Waals surface area contributed by atoms with Gasteiger partial charge >= 0.3 is 0 Å². The molecule has 358 valence electrons. The third kappa shape index (κ3) is 9.66. The molecule has 0 N–H and O–H groups in total. The molecule has 0 atom stereocenters.